The Balaban J connectivity index is 2.87. The summed E-state index contributed by atoms with van der Waals surface area (Å²) in [5.74, 6) is -0.483. The molecule has 3 N–H and O–H groups in total. The number of carbonyl (C=O) groups is 2. The highest BCUT2D eigenvalue weighted by Gasteiger charge is 2.20. The molecule has 0 heterocycles. The molecular weight excluding hydrogens is 230 g/mol. The van der Waals surface area contributed by atoms with Crippen LogP contribution in [0.5, 0.6) is 0 Å². The lowest BCUT2D eigenvalue weighted by atomic mass is 10.1. The van der Waals surface area contributed by atoms with Gasteiger partial charge in [-0.1, -0.05) is 12.1 Å². The number of aryl methyl sites for hydroxylation is 1. The molecule has 1 unspecified atom stereocenters. The van der Waals surface area contributed by atoms with Crippen LogP contribution in [-0.2, 0) is 4.79 Å². The first-order valence-electron chi connectivity index (χ1n) is 5.71. The number of nitrogens with two attached hydrogens (primary N) is 1. The van der Waals surface area contributed by atoms with E-state index in [0.29, 0.717) is 11.3 Å². The first kappa shape index (κ1) is 14.0. The third-order valence-electron chi connectivity index (χ3n) is 2.69. The molecule has 0 aliphatic heterocycles. The summed E-state index contributed by atoms with van der Waals surface area (Å²) in [4.78, 5) is 25.2. The number of nitrogen functional groups attached to an aromatic ring is 1. The Morgan fingerprint density at radius 2 is 1.94 bits per heavy atom. The molecule has 18 heavy (non-hydrogen) atoms. The molecule has 5 heteroatoms. The number of anilines is 1. The number of rotatable bonds is 3. The number of likely N-dealkylation sites (N-methyl/N-ethyl adjacent to an activating group) is 1. The van der Waals surface area contributed by atoms with Crippen molar-refractivity contribution in [1.29, 1.82) is 0 Å². The molecule has 2 amide bonds. The number of hydrogen-bond donors (Lipinski definition) is 2. The van der Waals surface area contributed by atoms with Gasteiger partial charge in [0.15, 0.2) is 0 Å². The Morgan fingerprint density at radius 3 is 2.44 bits per heavy atom. The molecule has 5 nitrogen and oxygen atoms in total. The summed E-state index contributed by atoms with van der Waals surface area (Å²) in [6.07, 6.45) is 0. The normalized spacial score (nSPS) is 11.8. The largest absolute Gasteiger partial charge is 0.398 e. The lowest BCUT2D eigenvalue weighted by Crippen LogP contribution is -2.44. The van der Waals surface area contributed by atoms with Crippen LogP contribution >= 0.6 is 0 Å². The third-order valence-corrected chi connectivity index (χ3v) is 2.69. The second kappa shape index (κ2) is 5.53. The summed E-state index contributed by atoms with van der Waals surface area (Å²) in [7, 11) is 3.29. The van der Waals surface area contributed by atoms with Crippen molar-refractivity contribution in [3.8, 4) is 0 Å². The van der Waals surface area contributed by atoms with E-state index in [-0.39, 0.29) is 11.8 Å². The average Bonchev–Trinajstić information content (AvgIpc) is 2.27. The van der Waals surface area contributed by atoms with Gasteiger partial charge in [-0.2, -0.15) is 0 Å². The van der Waals surface area contributed by atoms with Crippen LogP contribution in [0, 0.1) is 6.92 Å². The summed E-state index contributed by atoms with van der Waals surface area (Å²) in [6, 6.07) is 4.69. The van der Waals surface area contributed by atoms with Crippen LogP contribution in [0.25, 0.3) is 0 Å². The van der Waals surface area contributed by atoms with Gasteiger partial charge < -0.3 is 16.0 Å². The van der Waals surface area contributed by atoms with Gasteiger partial charge in [0.25, 0.3) is 5.91 Å². The molecule has 0 fully saturated rings. The molecule has 1 rings (SSSR count). The van der Waals surface area contributed by atoms with E-state index in [2.05, 4.69) is 5.32 Å². The lowest BCUT2D eigenvalue weighted by molar-refractivity contribution is -0.130. The van der Waals surface area contributed by atoms with Crippen LogP contribution in [0.1, 0.15) is 22.8 Å². The van der Waals surface area contributed by atoms with Crippen molar-refractivity contribution in [3.63, 3.8) is 0 Å². The predicted octanol–water partition coefficient (Wildman–Crippen LogP) is 0.784. The van der Waals surface area contributed by atoms with Crippen molar-refractivity contribution in [3.05, 3.63) is 29.3 Å². The SMILES string of the molecule is Cc1cccc(N)c1C(=O)NC(C)C(=O)N(C)C. The van der Waals surface area contributed by atoms with E-state index >= 15 is 0 Å². The Labute approximate surface area is 107 Å². The minimum absolute atomic E-state index is 0.157. The van der Waals surface area contributed by atoms with Gasteiger partial charge >= 0.3 is 0 Å². The number of hydrogen-bond acceptors (Lipinski definition) is 3. The first-order valence-corrected chi connectivity index (χ1v) is 5.71. The van der Waals surface area contributed by atoms with Gasteiger partial charge in [0.1, 0.15) is 6.04 Å². The standard InChI is InChI=1S/C13H19N3O2/c1-8-6-5-7-10(14)11(8)12(17)15-9(2)13(18)16(3)4/h5-7,9H,14H2,1-4H3,(H,15,17). The Morgan fingerprint density at radius 1 is 1.33 bits per heavy atom. The molecule has 1 aromatic carbocycles. The fourth-order valence-corrected chi connectivity index (χ4v) is 1.72. The predicted molar refractivity (Wildman–Crippen MR) is 71.2 cm³/mol. The second-order valence-corrected chi connectivity index (χ2v) is 4.47. The summed E-state index contributed by atoms with van der Waals surface area (Å²) in [6.45, 7) is 3.46. The zero-order valence-corrected chi connectivity index (χ0v) is 11.2. The summed E-state index contributed by atoms with van der Waals surface area (Å²) in [5.41, 5.74) is 7.41. The number of carbonyl (C=O) groups excluding carboxylic acids is 2. The molecule has 1 atom stereocenters. The molecule has 0 spiro atoms. The van der Waals surface area contributed by atoms with Crippen LogP contribution < -0.4 is 11.1 Å². The van der Waals surface area contributed by atoms with Gasteiger partial charge in [0, 0.05) is 19.8 Å². The molecule has 0 aliphatic rings. The van der Waals surface area contributed by atoms with Gasteiger partial charge in [-0.05, 0) is 25.5 Å². The van der Waals surface area contributed by atoms with E-state index in [4.69, 9.17) is 5.73 Å². The van der Waals surface area contributed by atoms with Crippen molar-refractivity contribution < 1.29 is 9.59 Å². The van der Waals surface area contributed by atoms with E-state index in [1.165, 1.54) is 4.90 Å². The highest BCUT2D eigenvalue weighted by atomic mass is 16.2. The lowest BCUT2D eigenvalue weighted by Gasteiger charge is -2.19. The van der Waals surface area contributed by atoms with Gasteiger partial charge in [0.2, 0.25) is 5.91 Å². The van der Waals surface area contributed by atoms with E-state index in [1.807, 2.05) is 13.0 Å². The number of amides is 2. The monoisotopic (exact) mass is 249 g/mol. The number of nitrogens with zero attached hydrogens (tertiary/aromatic N) is 1. The molecule has 1 aromatic rings. The van der Waals surface area contributed by atoms with Crippen LogP contribution in [-0.4, -0.2) is 36.9 Å². The van der Waals surface area contributed by atoms with Crippen molar-refractivity contribution in [2.75, 3.05) is 19.8 Å². The van der Waals surface area contributed by atoms with Crippen LogP contribution in [0.15, 0.2) is 18.2 Å². The fraction of sp³-hybridized carbons (Fsp3) is 0.385. The van der Waals surface area contributed by atoms with E-state index in [1.54, 1.807) is 33.2 Å². The summed E-state index contributed by atoms with van der Waals surface area (Å²) < 4.78 is 0. The minimum atomic E-state index is -0.577. The molecule has 0 saturated heterocycles. The molecule has 98 valence electrons. The van der Waals surface area contributed by atoms with Crippen LogP contribution in [0.2, 0.25) is 0 Å². The van der Waals surface area contributed by atoms with Crippen LogP contribution in [0.3, 0.4) is 0 Å². The van der Waals surface area contributed by atoms with Crippen molar-refractivity contribution in [2.45, 2.75) is 19.9 Å². The number of benzene rings is 1. The maximum Gasteiger partial charge on any atom is 0.254 e. The zero-order chi connectivity index (χ0) is 13.9. The highest BCUT2D eigenvalue weighted by molar-refractivity contribution is 6.02. The Bertz CT molecular complexity index is 449. The van der Waals surface area contributed by atoms with Crippen LogP contribution in [0.4, 0.5) is 5.69 Å². The molecular formula is C13H19N3O2. The van der Waals surface area contributed by atoms with E-state index in [9.17, 15) is 9.59 Å². The van der Waals surface area contributed by atoms with Gasteiger partial charge in [-0.3, -0.25) is 9.59 Å². The Hall–Kier alpha value is -2.04. The molecule has 0 saturated carbocycles. The van der Waals surface area contributed by atoms with Crippen molar-refractivity contribution >= 4 is 17.5 Å². The first-order chi connectivity index (χ1) is 8.34. The zero-order valence-electron chi connectivity index (χ0n) is 11.2. The fourth-order valence-electron chi connectivity index (χ4n) is 1.72. The smallest absolute Gasteiger partial charge is 0.254 e. The van der Waals surface area contributed by atoms with Gasteiger partial charge in [0.05, 0.1) is 5.56 Å². The molecule has 0 radical (unpaired) electrons. The third kappa shape index (κ3) is 3.00. The molecule has 0 aliphatic carbocycles. The Kier molecular flexibility index (Phi) is 4.31. The maximum absolute atomic E-state index is 12.1. The topological polar surface area (TPSA) is 75.4 Å². The van der Waals surface area contributed by atoms with Gasteiger partial charge in [-0.15, -0.1) is 0 Å². The number of nitrogens with one attached hydrogen (secondary N) is 1. The molecule has 0 aromatic heterocycles. The highest BCUT2D eigenvalue weighted by Crippen LogP contribution is 2.16. The summed E-state index contributed by atoms with van der Waals surface area (Å²) >= 11 is 0. The quantitative estimate of drug-likeness (QED) is 0.777. The second-order valence-electron chi connectivity index (χ2n) is 4.47. The minimum Gasteiger partial charge on any atom is -0.398 e. The van der Waals surface area contributed by atoms with Crippen molar-refractivity contribution in [1.82, 2.24) is 10.2 Å². The average molecular weight is 249 g/mol. The summed E-state index contributed by atoms with van der Waals surface area (Å²) in [5, 5.41) is 2.65. The van der Waals surface area contributed by atoms with Crippen molar-refractivity contribution in [2.24, 2.45) is 0 Å². The van der Waals surface area contributed by atoms with E-state index in [0.717, 1.165) is 5.56 Å². The maximum atomic E-state index is 12.1. The van der Waals surface area contributed by atoms with Gasteiger partial charge in [-0.25, -0.2) is 0 Å². The molecule has 0 bridgehead atoms. The van der Waals surface area contributed by atoms with E-state index < -0.39 is 6.04 Å².